The summed E-state index contributed by atoms with van der Waals surface area (Å²) in [6.07, 6.45) is 2.82. The fraction of sp³-hybridized carbons (Fsp3) is 0.600. The van der Waals surface area contributed by atoms with Crippen molar-refractivity contribution >= 4 is 0 Å². The number of aliphatic hydroxyl groups is 2. The molecule has 0 spiro atoms. The standard InChI is InChI=1S/C15H21FO2/c1-11-6-8-15(18,9-7-11)14(17)10-12-2-4-13(16)5-3-12/h2-5,11,14,17-18H,6-10H2,1H3. The topological polar surface area (TPSA) is 40.5 Å². The van der Waals surface area contributed by atoms with E-state index in [0.717, 1.165) is 18.4 Å². The van der Waals surface area contributed by atoms with Gasteiger partial charge in [0.25, 0.3) is 0 Å². The van der Waals surface area contributed by atoms with Crippen molar-refractivity contribution < 1.29 is 14.6 Å². The zero-order chi connectivity index (χ0) is 13.2. The van der Waals surface area contributed by atoms with E-state index in [4.69, 9.17) is 0 Å². The Kier molecular flexibility index (Phi) is 4.03. The molecule has 3 heteroatoms. The van der Waals surface area contributed by atoms with Crippen molar-refractivity contribution in [1.29, 1.82) is 0 Å². The van der Waals surface area contributed by atoms with Gasteiger partial charge >= 0.3 is 0 Å². The van der Waals surface area contributed by atoms with Gasteiger partial charge in [0.05, 0.1) is 11.7 Å². The van der Waals surface area contributed by atoms with Crippen molar-refractivity contribution in [3.05, 3.63) is 35.6 Å². The summed E-state index contributed by atoms with van der Waals surface area (Å²) in [6.45, 7) is 2.17. The van der Waals surface area contributed by atoms with Gasteiger partial charge in [0, 0.05) is 6.42 Å². The molecule has 0 radical (unpaired) electrons. The lowest BCUT2D eigenvalue weighted by atomic mass is 9.75. The molecule has 18 heavy (non-hydrogen) atoms. The fourth-order valence-corrected chi connectivity index (χ4v) is 2.63. The quantitative estimate of drug-likeness (QED) is 0.868. The van der Waals surface area contributed by atoms with Crippen molar-refractivity contribution in [2.75, 3.05) is 0 Å². The number of halogens is 1. The maximum atomic E-state index is 12.8. The Bertz CT molecular complexity index is 380. The zero-order valence-electron chi connectivity index (χ0n) is 10.8. The molecular weight excluding hydrogens is 231 g/mol. The molecule has 100 valence electrons. The second-order valence-electron chi connectivity index (χ2n) is 5.63. The Hall–Kier alpha value is -0.930. The number of aliphatic hydroxyl groups excluding tert-OH is 1. The minimum absolute atomic E-state index is 0.279. The fourth-order valence-electron chi connectivity index (χ4n) is 2.63. The SMILES string of the molecule is CC1CCC(O)(C(O)Cc2ccc(F)cc2)CC1. The molecule has 1 unspecified atom stereocenters. The van der Waals surface area contributed by atoms with E-state index < -0.39 is 11.7 Å². The smallest absolute Gasteiger partial charge is 0.123 e. The molecule has 1 fully saturated rings. The molecule has 0 aliphatic heterocycles. The Morgan fingerprint density at radius 2 is 1.83 bits per heavy atom. The predicted molar refractivity (Wildman–Crippen MR) is 68.7 cm³/mol. The van der Waals surface area contributed by atoms with Crippen LogP contribution in [0.3, 0.4) is 0 Å². The first-order valence-electron chi connectivity index (χ1n) is 6.64. The summed E-state index contributed by atoms with van der Waals surface area (Å²) in [5, 5.41) is 20.6. The maximum absolute atomic E-state index is 12.8. The molecule has 1 aromatic rings. The Labute approximate surface area is 107 Å². The van der Waals surface area contributed by atoms with E-state index in [-0.39, 0.29) is 5.82 Å². The third kappa shape index (κ3) is 3.09. The highest BCUT2D eigenvalue weighted by Crippen LogP contribution is 2.35. The van der Waals surface area contributed by atoms with Gasteiger partial charge in [0.1, 0.15) is 5.82 Å². The molecule has 1 aromatic carbocycles. The van der Waals surface area contributed by atoms with Crippen LogP contribution in [0.1, 0.15) is 38.2 Å². The van der Waals surface area contributed by atoms with Crippen LogP contribution >= 0.6 is 0 Å². The van der Waals surface area contributed by atoms with Gasteiger partial charge in [0.2, 0.25) is 0 Å². The minimum atomic E-state index is -0.971. The van der Waals surface area contributed by atoms with Crippen LogP contribution in [0.25, 0.3) is 0 Å². The van der Waals surface area contributed by atoms with Gasteiger partial charge in [-0.05, 0) is 49.3 Å². The molecule has 1 aliphatic rings. The van der Waals surface area contributed by atoms with Gasteiger partial charge in [-0.25, -0.2) is 4.39 Å². The Balaban J connectivity index is 1.98. The van der Waals surface area contributed by atoms with E-state index in [1.54, 1.807) is 12.1 Å². The summed E-state index contributed by atoms with van der Waals surface area (Å²) in [6, 6.07) is 6.09. The van der Waals surface area contributed by atoms with Crippen LogP contribution < -0.4 is 0 Å². The van der Waals surface area contributed by atoms with Crippen LogP contribution in [0.2, 0.25) is 0 Å². The summed E-state index contributed by atoms with van der Waals surface area (Å²) in [7, 11) is 0. The molecule has 0 bridgehead atoms. The zero-order valence-corrected chi connectivity index (χ0v) is 10.8. The maximum Gasteiger partial charge on any atom is 0.123 e. The van der Waals surface area contributed by atoms with Crippen molar-refractivity contribution in [3.63, 3.8) is 0 Å². The van der Waals surface area contributed by atoms with Gasteiger partial charge in [-0.3, -0.25) is 0 Å². The summed E-state index contributed by atoms with van der Waals surface area (Å²) in [4.78, 5) is 0. The van der Waals surface area contributed by atoms with E-state index in [9.17, 15) is 14.6 Å². The van der Waals surface area contributed by atoms with Crippen LogP contribution in [0.4, 0.5) is 4.39 Å². The van der Waals surface area contributed by atoms with Gasteiger partial charge < -0.3 is 10.2 Å². The number of hydrogen-bond donors (Lipinski definition) is 2. The molecule has 1 aliphatic carbocycles. The third-order valence-electron chi connectivity index (χ3n) is 4.10. The highest BCUT2D eigenvalue weighted by atomic mass is 19.1. The van der Waals surface area contributed by atoms with Crippen molar-refractivity contribution in [3.8, 4) is 0 Å². The van der Waals surface area contributed by atoms with Crippen molar-refractivity contribution in [1.82, 2.24) is 0 Å². The predicted octanol–water partition coefficient (Wildman–Crippen LogP) is 2.67. The van der Waals surface area contributed by atoms with Crippen LogP contribution in [-0.2, 0) is 6.42 Å². The molecule has 0 amide bonds. The first kappa shape index (κ1) is 13.5. The number of benzene rings is 1. The van der Waals surface area contributed by atoms with Gasteiger partial charge in [-0.2, -0.15) is 0 Å². The summed E-state index contributed by atoms with van der Waals surface area (Å²) < 4.78 is 12.8. The Morgan fingerprint density at radius 1 is 1.28 bits per heavy atom. The lowest BCUT2D eigenvalue weighted by Gasteiger charge is -2.38. The largest absolute Gasteiger partial charge is 0.390 e. The molecule has 0 saturated heterocycles. The monoisotopic (exact) mass is 252 g/mol. The summed E-state index contributed by atoms with van der Waals surface area (Å²) in [5.41, 5.74) is -0.114. The van der Waals surface area contributed by atoms with Crippen LogP contribution in [0.15, 0.2) is 24.3 Å². The van der Waals surface area contributed by atoms with E-state index in [1.807, 2.05) is 0 Å². The summed E-state index contributed by atoms with van der Waals surface area (Å²) >= 11 is 0. The lowest BCUT2D eigenvalue weighted by molar-refractivity contribution is -0.102. The number of rotatable bonds is 3. The summed E-state index contributed by atoms with van der Waals surface area (Å²) in [5.74, 6) is 0.349. The van der Waals surface area contributed by atoms with Crippen LogP contribution in [0.5, 0.6) is 0 Å². The second kappa shape index (κ2) is 5.37. The van der Waals surface area contributed by atoms with E-state index in [0.29, 0.717) is 25.2 Å². The highest BCUT2D eigenvalue weighted by Gasteiger charge is 2.38. The highest BCUT2D eigenvalue weighted by molar-refractivity contribution is 5.17. The first-order chi connectivity index (χ1) is 8.49. The number of hydrogen-bond acceptors (Lipinski definition) is 2. The molecular formula is C15H21FO2. The van der Waals surface area contributed by atoms with Gasteiger partial charge in [-0.15, -0.1) is 0 Å². The van der Waals surface area contributed by atoms with E-state index in [1.165, 1.54) is 12.1 Å². The Morgan fingerprint density at radius 3 is 2.39 bits per heavy atom. The van der Waals surface area contributed by atoms with Gasteiger partial charge in [0.15, 0.2) is 0 Å². The average Bonchev–Trinajstić information content (AvgIpc) is 2.36. The molecule has 2 N–H and O–H groups in total. The molecule has 0 heterocycles. The second-order valence-corrected chi connectivity index (χ2v) is 5.63. The molecule has 0 aromatic heterocycles. The average molecular weight is 252 g/mol. The van der Waals surface area contributed by atoms with Crippen LogP contribution in [-0.4, -0.2) is 21.9 Å². The normalized spacial score (nSPS) is 30.1. The molecule has 1 atom stereocenters. The molecule has 2 rings (SSSR count). The third-order valence-corrected chi connectivity index (χ3v) is 4.10. The van der Waals surface area contributed by atoms with Crippen molar-refractivity contribution in [2.45, 2.75) is 50.7 Å². The van der Waals surface area contributed by atoms with Crippen molar-refractivity contribution in [2.24, 2.45) is 5.92 Å². The van der Waals surface area contributed by atoms with E-state index in [2.05, 4.69) is 6.92 Å². The van der Waals surface area contributed by atoms with Gasteiger partial charge in [-0.1, -0.05) is 19.1 Å². The molecule has 1 saturated carbocycles. The van der Waals surface area contributed by atoms with Crippen LogP contribution in [0, 0.1) is 11.7 Å². The lowest BCUT2D eigenvalue weighted by Crippen LogP contribution is -2.46. The minimum Gasteiger partial charge on any atom is -0.390 e. The van der Waals surface area contributed by atoms with E-state index >= 15 is 0 Å². The molecule has 2 nitrogen and oxygen atoms in total. The first-order valence-corrected chi connectivity index (χ1v) is 6.64.